The van der Waals surface area contributed by atoms with Crippen LogP contribution >= 0.6 is 11.6 Å². The van der Waals surface area contributed by atoms with Crippen molar-refractivity contribution >= 4 is 33.4 Å². The van der Waals surface area contributed by atoms with Gasteiger partial charge in [0.05, 0.1) is 33.8 Å². The zero-order valence-corrected chi connectivity index (χ0v) is 32.1. The molecule has 0 radical (unpaired) electrons. The second-order valence-corrected chi connectivity index (χ2v) is 12.9. The van der Waals surface area contributed by atoms with Gasteiger partial charge < -0.3 is 19.3 Å². The highest BCUT2D eigenvalue weighted by molar-refractivity contribution is 6.36. The number of aromatic nitrogens is 8. The molecule has 0 aliphatic carbocycles. The molecule has 6 aromatic heterocycles. The smallest absolute Gasteiger partial charge is 0.161 e. The predicted octanol–water partition coefficient (Wildman–Crippen LogP) is 7.90. The molecule has 0 unspecified atom stereocenters. The Balaban J connectivity index is 0.000000177. The summed E-state index contributed by atoms with van der Waals surface area (Å²) in [6, 6.07) is 20.5. The standard InChI is InChI=1S/C22H17FN4O.C19H14ClFN4.C3H4O/c1-14-21-20(18(26-25-14)4-3-13-28)19(15-9-11-24-12-10-15)22(27(21)2)16-5-7-17(23)8-6-16;1-11-17-16(19(20)24-23-11)15(12-7-9-22-10-8-12)18(25(17)2)13-3-5-14(21)6-4-13;1-2-3-4/h5-12,28H,13H2,1-2H3;3-10H,1-2H3;1,4H,3H2. The van der Waals surface area contributed by atoms with Gasteiger partial charge in [0, 0.05) is 60.8 Å². The third kappa shape index (κ3) is 8.11. The highest BCUT2D eigenvalue weighted by Gasteiger charge is 2.24. The third-order valence-electron chi connectivity index (χ3n) is 9.06. The lowest BCUT2D eigenvalue weighted by atomic mass is 9.98. The lowest BCUT2D eigenvalue weighted by Gasteiger charge is -2.09. The van der Waals surface area contributed by atoms with Crippen molar-refractivity contribution in [3.05, 3.63) is 131 Å². The van der Waals surface area contributed by atoms with Crippen LogP contribution in [0.2, 0.25) is 5.15 Å². The maximum Gasteiger partial charge on any atom is 0.161 e. The Bertz CT molecular complexity index is 2790. The molecular formula is C44H35ClF2N8O2. The fraction of sp³-hybridized carbons (Fsp3) is 0.136. The third-order valence-corrected chi connectivity index (χ3v) is 9.32. The van der Waals surface area contributed by atoms with Gasteiger partial charge in [-0.1, -0.05) is 23.4 Å². The van der Waals surface area contributed by atoms with E-state index in [1.54, 1.807) is 49.1 Å². The molecule has 0 amide bonds. The Labute approximate surface area is 332 Å². The number of fused-ring (bicyclic) bond motifs is 2. The zero-order valence-electron chi connectivity index (χ0n) is 31.3. The summed E-state index contributed by atoms with van der Waals surface area (Å²) in [4.78, 5) is 8.21. The molecular weight excluding hydrogens is 746 g/mol. The van der Waals surface area contributed by atoms with Crippen LogP contribution < -0.4 is 0 Å². The summed E-state index contributed by atoms with van der Waals surface area (Å²) < 4.78 is 31.0. The van der Waals surface area contributed by atoms with E-state index in [-0.39, 0.29) is 24.8 Å². The minimum Gasteiger partial charge on any atom is -0.384 e. The first-order valence-corrected chi connectivity index (χ1v) is 17.8. The van der Waals surface area contributed by atoms with Crippen LogP contribution in [0.25, 0.3) is 66.6 Å². The normalized spacial score (nSPS) is 10.5. The first kappa shape index (κ1) is 39.9. The summed E-state index contributed by atoms with van der Waals surface area (Å²) in [5.74, 6) is 7.00. The summed E-state index contributed by atoms with van der Waals surface area (Å²) in [6.45, 7) is 3.37. The van der Waals surface area contributed by atoms with Crippen molar-refractivity contribution in [2.24, 2.45) is 14.1 Å². The van der Waals surface area contributed by atoms with E-state index in [1.807, 2.05) is 67.3 Å². The first-order valence-electron chi connectivity index (χ1n) is 17.4. The quantitative estimate of drug-likeness (QED) is 0.173. The molecule has 8 aromatic rings. The molecule has 57 heavy (non-hydrogen) atoms. The second-order valence-electron chi connectivity index (χ2n) is 12.5. The van der Waals surface area contributed by atoms with Gasteiger partial charge in [-0.2, -0.15) is 10.2 Å². The number of aliphatic hydroxyl groups excluding tert-OH is 2. The summed E-state index contributed by atoms with van der Waals surface area (Å²) in [5, 5.41) is 35.5. The Morgan fingerprint density at radius 3 is 1.47 bits per heavy atom. The van der Waals surface area contributed by atoms with Gasteiger partial charge in [-0.15, -0.1) is 16.6 Å². The summed E-state index contributed by atoms with van der Waals surface area (Å²) in [5.41, 5.74) is 11.2. The molecule has 0 aliphatic rings. The Morgan fingerprint density at radius 2 is 1.04 bits per heavy atom. The average Bonchev–Trinajstić information content (AvgIpc) is 3.73. The van der Waals surface area contributed by atoms with Crippen LogP contribution in [-0.4, -0.2) is 62.9 Å². The van der Waals surface area contributed by atoms with Gasteiger partial charge in [0.1, 0.15) is 30.5 Å². The fourth-order valence-electron chi connectivity index (χ4n) is 6.79. The van der Waals surface area contributed by atoms with Crippen molar-refractivity contribution in [3.8, 4) is 69.0 Å². The number of pyridine rings is 2. The number of nitrogens with zero attached hydrogens (tertiary/aromatic N) is 8. The number of halogens is 3. The zero-order chi connectivity index (χ0) is 40.6. The highest BCUT2D eigenvalue weighted by atomic mass is 35.5. The van der Waals surface area contributed by atoms with Crippen LogP contribution in [0, 0.1) is 49.7 Å². The summed E-state index contributed by atoms with van der Waals surface area (Å²) in [7, 11) is 3.90. The predicted molar refractivity (Wildman–Crippen MR) is 219 cm³/mol. The van der Waals surface area contributed by atoms with Gasteiger partial charge in [-0.25, -0.2) is 8.78 Å². The fourth-order valence-corrected chi connectivity index (χ4v) is 7.01. The molecule has 2 aromatic carbocycles. The van der Waals surface area contributed by atoms with Gasteiger partial charge in [-0.3, -0.25) is 9.97 Å². The Kier molecular flexibility index (Phi) is 12.4. The molecule has 0 saturated carbocycles. The highest BCUT2D eigenvalue weighted by Crippen LogP contribution is 2.44. The summed E-state index contributed by atoms with van der Waals surface area (Å²) in [6.07, 6.45) is 11.4. The van der Waals surface area contributed by atoms with E-state index >= 15 is 0 Å². The molecule has 8 rings (SSSR count). The molecule has 6 heterocycles. The Hall–Kier alpha value is -6.83. The number of hydrogen-bond donors (Lipinski definition) is 2. The number of terminal acetylenes is 1. The first-order chi connectivity index (χ1) is 27.6. The maximum absolute atomic E-state index is 13.5. The average molecular weight is 781 g/mol. The van der Waals surface area contributed by atoms with E-state index in [4.69, 9.17) is 21.8 Å². The van der Waals surface area contributed by atoms with Gasteiger partial charge >= 0.3 is 0 Å². The van der Waals surface area contributed by atoms with E-state index in [9.17, 15) is 8.78 Å². The van der Waals surface area contributed by atoms with Crippen molar-refractivity contribution in [1.29, 1.82) is 0 Å². The lowest BCUT2D eigenvalue weighted by molar-refractivity contribution is 0.350. The monoisotopic (exact) mass is 780 g/mol. The number of rotatable bonds is 4. The van der Waals surface area contributed by atoms with Crippen LogP contribution in [0.15, 0.2) is 97.6 Å². The molecule has 0 spiro atoms. The second kappa shape index (κ2) is 17.8. The van der Waals surface area contributed by atoms with Gasteiger partial charge in [-0.05, 0) is 115 Å². The van der Waals surface area contributed by atoms with E-state index in [1.165, 1.54) is 24.3 Å². The molecule has 2 N–H and O–H groups in total. The van der Waals surface area contributed by atoms with E-state index in [0.29, 0.717) is 10.8 Å². The van der Waals surface area contributed by atoms with Crippen LogP contribution in [0.4, 0.5) is 8.78 Å². The molecule has 0 bridgehead atoms. The molecule has 0 fully saturated rings. The van der Waals surface area contributed by atoms with Crippen molar-refractivity contribution in [2.45, 2.75) is 13.8 Å². The molecule has 10 nitrogen and oxygen atoms in total. The van der Waals surface area contributed by atoms with Gasteiger partial charge in [0.25, 0.3) is 0 Å². The summed E-state index contributed by atoms with van der Waals surface area (Å²) >= 11 is 6.42. The van der Waals surface area contributed by atoms with Crippen molar-refractivity contribution in [3.63, 3.8) is 0 Å². The minimum atomic E-state index is -0.290. The lowest BCUT2D eigenvalue weighted by Crippen LogP contribution is -1.98. The topological polar surface area (TPSA) is 128 Å². The van der Waals surface area contributed by atoms with Crippen LogP contribution in [0.5, 0.6) is 0 Å². The van der Waals surface area contributed by atoms with E-state index in [2.05, 4.69) is 48.6 Å². The van der Waals surface area contributed by atoms with Crippen LogP contribution in [0.3, 0.4) is 0 Å². The van der Waals surface area contributed by atoms with Gasteiger partial charge in [0.2, 0.25) is 0 Å². The van der Waals surface area contributed by atoms with Crippen molar-refractivity contribution in [2.75, 3.05) is 13.2 Å². The van der Waals surface area contributed by atoms with E-state index < -0.39 is 0 Å². The van der Waals surface area contributed by atoms with Crippen molar-refractivity contribution in [1.82, 2.24) is 39.5 Å². The van der Waals surface area contributed by atoms with Gasteiger partial charge in [0.15, 0.2) is 5.15 Å². The number of aliphatic hydroxyl groups is 2. The molecule has 284 valence electrons. The molecule has 0 atom stereocenters. The molecule has 0 saturated heterocycles. The SMILES string of the molecule is C#CCO.Cc1nnc(C#CCO)c2c(-c3ccncc3)c(-c3ccc(F)cc3)n(C)c12.Cc1nnc(Cl)c2c(-c3ccncc3)c(-c3ccc(F)cc3)n(C)c12. The number of hydrogen-bond acceptors (Lipinski definition) is 8. The minimum absolute atomic E-state index is 0.153. The molecule has 0 aliphatic heterocycles. The molecule has 13 heteroatoms. The van der Waals surface area contributed by atoms with Crippen molar-refractivity contribution < 1.29 is 19.0 Å². The number of aryl methyl sites for hydroxylation is 4. The number of benzene rings is 2. The Morgan fingerprint density at radius 1 is 0.614 bits per heavy atom. The van der Waals surface area contributed by atoms with Crippen LogP contribution in [-0.2, 0) is 14.1 Å². The van der Waals surface area contributed by atoms with E-state index in [0.717, 1.165) is 78.0 Å². The largest absolute Gasteiger partial charge is 0.384 e. The van der Waals surface area contributed by atoms with Crippen LogP contribution in [0.1, 0.15) is 17.1 Å². The maximum atomic E-state index is 13.5.